The summed E-state index contributed by atoms with van der Waals surface area (Å²) < 4.78 is 2.13. The molecule has 0 aliphatic heterocycles. The Bertz CT molecular complexity index is 341. The fourth-order valence-corrected chi connectivity index (χ4v) is 2.22. The molecule has 0 saturated heterocycles. The van der Waals surface area contributed by atoms with Crippen molar-refractivity contribution in [2.75, 3.05) is 0 Å². The van der Waals surface area contributed by atoms with Crippen LogP contribution in [0.15, 0.2) is 18.5 Å². The van der Waals surface area contributed by atoms with Crippen molar-refractivity contribution >= 4 is 5.78 Å². The number of nitrogens with zero attached hydrogens (tertiary/aromatic N) is 1. The molecule has 1 rings (SSSR count). The van der Waals surface area contributed by atoms with Crippen molar-refractivity contribution in [3.05, 3.63) is 24.0 Å². The van der Waals surface area contributed by atoms with Gasteiger partial charge in [-0.1, -0.05) is 51.9 Å². The monoisotopic (exact) mass is 249 g/mol. The summed E-state index contributed by atoms with van der Waals surface area (Å²) in [7, 11) is 0. The summed E-state index contributed by atoms with van der Waals surface area (Å²) in [5.41, 5.74) is 0.828. The summed E-state index contributed by atoms with van der Waals surface area (Å²) in [6.07, 6.45) is 14.7. The van der Waals surface area contributed by atoms with Crippen molar-refractivity contribution in [3.8, 4) is 0 Å². The van der Waals surface area contributed by atoms with Gasteiger partial charge in [-0.15, -0.1) is 0 Å². The van der Waals surface area contributed by atoms with Gasteiger partial charge in [0.1, 0.15) is 0 Å². The first kappa shape index (κ1) is 15.0. The van der Waals surface area contributed by atoms with Gasteiger partial charge in [-0.05, 0) is 19.4 Å². The third kappa shape index (κ3) is 6.04. The third-order valence-corrected chi connectivity index (χ3v) is 3.43. The summed E-state index contributed by atoms with van der Waals surface area (Å²) >= 11 is 0. The van der Waals surface area contributed by atoms with Crippen LogP contribution in [0.4, 0.5) is 0 Å². The SMILES string of the molecule is CCCCCCCCCCn1ccc(C(C)=O)c1. The molecule has 0 bridgehead atoms. The van der Waals surface area contributed by atoms with Crippen LogP contribution in [0.5, 0.6) is 0 Å². The first-order chi connectivity index (χ1) is 8.74. The largest absolute Gasteiger partial charge is 0.354 e. The molecular weight excluding hydrogens is 222 g/mol. The Morgan fingerprint density at radius 2 is 1.67 bits per heavy atom. The van der Waals surface area contributed by atoms with Crippen LogP contribution in [0.1, 0.15) is 75.6 Å². The lowest BCUT2D eigenvalue weighted by atomic mass is 10.1. The Morgan fingerprint density at radius 3 is 2.22 bits per heavy atom. The molecule has 0 atom stereocenters. The fourth-order valence-electron chi connectivity index (χ4n) is 2.22. The van der Waals surface area contributed by atoms with Crippen LogP contribution in [0, 0.1) is 0 Å². The van der Waals surface area contributed by atoms with E-state index < -0.39 is 0 Å². The van der Waals surface area contributed by atoms with E-state index in [0.29, 0.717) is 0 Å². The second-order valence-electron chi connectivity index (χ2n) is 5.17. The Kier molecular flexibility index (Phi) is 7.47. The van der Waals surface area contributed by atoms with E-state index in [4.69, 9.17) is 0 Å². The molecule has 0 aliphatic carbocycles. The zero-order chi connectivity index (χ0) is 13.2. The van der Waals surface area contributed by atoms with Gasteiger partial charge in [0.25, 0.3) is 0 Å². The predicted molar refractivity (Wildman–Crippen MR) is 77.0 cm³/mol. The van der Waals surface area contributed by atoms with Gasteiger partial charge in [0.05, 0.1) is 0 Å². The molecule has 1 heterocycles. The minimum atomic E-state index is 0.157. The Hall–Kier alpha value is -1.05. The second-order valence-corrected chi connectivity index (χ2v) is 5.17. The molecule has 0 aromatic carbocycles. The van der Waals surface area contributed by atoms with Crippen molar-refractivity contribution in [3.63, 3.8) is 0 Å². The number of aromatic nitrogens is 1. The number of unbranched alkanes of at least 4 members (excludes halogenated alkanes) is 7. The molecule has 0 amide bonds. The molecule has 1 aromatic rings. The highest BCUT2D eigenvalue weighted by Gasteiger charge is 2.00. The molecule has 0 fully saturated rings. The average molecular weight is 249 g/mol. The molecule has 0 unspecified atom stereocenters. The molecule has 2 heteroatoms. The van der Waals surface area contributed by atoms with E-state index in [0.717, 1.165) is 12.1 Å². The third-order valence-electron chi connectivity index (χ3n) is 3.43. The van der Waals surface area contributed by atoms with Crippen molar-refractivity contribution in [2.45, 2.75) is 71.8 Å². The lowest BCUT2D eigenvalue weighted by Gasteiger charge is -2.03. The van der Waals surface area contributed by atoms with Crippen LogP contribution < -0.4 is 0 Å². The number of Topliss-reactive ketones (excluding diaryl/α,β-unsaturated/α-hetero) is 1. The Balaban J connectivity index is 2.02. The summed E-state index contributed by atoms with van der Waals surface area (Å²) in [6, 6.07) is 1.91. The normalized spacial score (nSPS) is 10.8. The van der Waals surface area contributed by atoms with E-state index in [-0.39, 0.29) is 5.78 Å². The number of ketones is 1. The Labute approximate surface area is 111 Å². The lowest BCUT2D eigenvalue weighted by Crippen LogP contribution is -1.95. The van der Waals surface area contributed by atoms with Gasteiger partial charge in [0, 0.05) is 24.5 Å². The van der Waals surface area contributed by atoms with E-state index in [2.05, 4.69) is 11.5 Å². The molecule has 0 spiro atoms. The van der Waals surface area contributed by atoms with Gasteiger partial charge in [-0.2, -0.15) is 0 Å². The highest BCUT2D eigenvalue weighted by Crippen LogP contribution is 2.10. The van der Waals surface area contributed by atoms with Gasteiger partial charge >= 0.3 is 0 Å². The predicted octanol–water partition coefficient (Wildman–Crippen LogP) is 4.83. The van der Waals surface area contributed by atoms with E-state index in [1.54, 1.807) is 6.92 Å². The first-order valence-corrected chi connectivity index (χ1v) is 7.40. The zero-order valence-electron chi connectivity index (χ0n) is 12.0. The second kappa shape index (κ2) is 8.96. The summed E-state index contributed by atoms with van der Waals surface area (Å²) in [6.45, 7) is 4.92. The van der Waals surface area contributed by atoms with Crippen LogP contribution in [0.25, 0.3) is 0 Å². The van der Waals surface area contributed by atoms with Crippen molar-refractivity contribution in [1.82, 2.24) is 4.57 Å². The molecule has 0 N–H and O–H groups in total. The molecule has 102 valence electrons. The topological polar surface area (TPSA) is 22.0 Å². The molecule has 0 aliphatic rings. The van der Waals surface area contributed by atoms with E-state index in [1.807, 2.05) is 18.5 Å². The number of hydrogen-bond donors (Lipinski definition) is 0. The van der Waals surface area contributed by atoms with Gasteiger partial charge in [-0.3, -0.25) is 4.79 Å². The number of carbonyl (C=O) groups is 1. The highest BCUT2D eigenvalue weighted by molar-refractivity contribution is 5.93. The highest BCUT2D eigenvalue weighted by atomic mass is 16.1. The summed E-state index contributed by atoms with van der Waals surface area (Å²) in [4.78, 5) is 11.1. The van der Waals surface area contributed by atoms with E-state index in [9.17, 15) is 4.79 Å². The maximum absolute atomic E-state index is 11.1. The van der Waals surface area contributed by atoms with E-state index in [1.165, 1.54) is 51.4 Å². The van der Waals surface area contributed by atoms with Crippen molar-refractivity contribution in [2.24, 2.45) is 0 Å². The lowest BCUT2D eigenvalue weighted by molar-refractivity contribution is 0.101. The van der Waals surface area contributed by atoms with Crippen LogP contribution in [-0.2, 0) is 6.54 Å². The molecular formula is C16H27NO. The minimum Gasteiger partial charge on any atom is -0.354 e. The number of rotatable bonds is 10. The fraction of sp³-hybridized carbons (Fsp3) is 0.688. The molecule has 1 aromatic heterocycles. The molecule has 0 radical (unpaired) electrons. The van der Waals surface area contributed by atoms with Gasteiger partial charge in [0.2, 0.25) is 0 Å². The van der Waals surface area contributed by atoms with Crippen LogP contribution >= 0.6 is 0 Å². The van der Waals surface area contributed by atoms with Gasteiger partial charge < -0.3 is 4.57 Å². The van der Waals surface area contributed by atoms with Crippen LogP contribution in [-0.4, -0.2) is 10.4 Å². The molecule has 2 nitrogen and oxygen atoms in total. The Morgan fingerprint density at radius 1 is 1.06 bits per heavy atom. The van der Waals surface area contributed by atoms with Crippen LogP contribution in [0.2, 0.25) is 0 Å². The number of hydrogen-bond acceptors (Lipinski definition) is 1. The summed E-state index contributed by atoms with van der Waals surface area (Å²) in [5, 5.41) is 0. The van der Waals surface area contributed by atoms with Gasteiger partial charge in [-0.25, -0.2) is 0 Å². The number of carbonyl (C=O) groups excluding carboxylic acids is 1. The average Bonchev–Trinajstić information content (AvgIpc) is 2.81. The molecule has 18 heavy (non-hydrogen) atoms. The number of aryl methyl sites for hydroxylation is 1. The maximum atomic E-state index is 11.1. The first-order valence-electron chi connectivity index (χ1n) is 7.40. The zero-order valence-corrected chi connectivity index (χ0v) is 12.0. The van der Waals surface area contributed by atoms with Crippen LogP contribution in [0.3, 0.4) is 0 Å². The minimum absolute atomic E-state index is 0.157. The smallest absolute Gasteiger partial charge is 0.161 e. The van der Waals surface area contributed by atoms with E-state index >= 15 is 0 Å². The van der Waals surface area contributed by atoms with Crippen molar-refractivity contribution in [1.29, 1.82) is 0 Å². The maximum Gasteiger partial charge on any atom is 0.161 e. The quantitative estimate of drug-likeness (QED) is 0.430. The van der Waals surface area contributed by atoms with Gasteiger partial charge in [0.15, 0.2) is 5.78 Å². The van der Waals surface area contributed by atoms with Crippen molar-refractivity contribution < 1.29 is 4.79 Å². The summed E-state index contributed by atoms with van der Waals surface area (Å²) in [5.74, 6) is 0.157. The molecule has 0 saturated carbocycles. The standard InChI is InChI=1S/C16H27NO/c1-3-4-5-6-7-8-9-10-12-17-13-11-16(14-17)15(2)18/h11,13-14H,3-10,12H2,1-2H3.